The van der Waals surface area contributed by atoms with E-state index in [2.05, 4.69) is 40.9 Å². The molecule has 0 radical (unpaired) electrons. The Morgan fingerprint density at radius 3 is 2.53 bits per heavy atom. The van der Waals surface area contributed by atoms with E-state index in [4.69, 9.17) is 23.2 Å². The van der Waals surface area contributed by atoms with Crippen LogP contribution in [0.2, 0.25) is 10.2 Å². The van der Waals surface area contributed by atoms with Crippen molar-refractivity contribution in [3.63, 3.8) is 0 Å². The normalized spacial score (nSPS) is 11.7. The summed E-state index contributed by atoms with van der Waals surface area (Å²) >= 11 is 12.8. The lowest BCUT2D eigenvalue weighted by molar-refractivity contribution is -0.131. The molecule has 5 rings (SSSR count). The molecule has 0 aliphatic heterocycles. The van der Waals surface area contributed by atoms with Gasteiger partial charge in [-0.3, -0.25) is 14.9 Å². The minimum Gasteiger partial charge on any atom is -0.453 e. The van der Waals surface area contributed by atoms with Crippen molar-refractivity contribution >= 4 is 52.9 Å². The second kappa shape index (κ2) is 15.2. The van der Waals surface area contributed by atoms with Gasteiger partial charge in [0.2, 0.25) is 11.8 Å². The number of aromatic nitrogens is 6. The predicted molar refractivity (Wildman–Crippen MR) is 177 cm³/mol. The Kier molecular flexibility index (Phi) is 10.6. The Hall–Kier alpha value is -5.53. The van der Waals surface area contributed by atoms with E-state index in [0.717, 1.165) is 5.56 Å². The molecule has 5 aromatic rings. The smallest absolute Gasteiger partial charge is 0.411 e. The highest BCUT2D eigenvalue weighted by atomic mass is 35.5. The quantitative estimate of drug-likeness (QED) is 0.156. The van der Waals surface area contributed by atoms with Gasteiger partial charge in [0.25, 0.3) is 0 Å². The molecule has 3 N–H and O–H groups in total. The van der Waals surface area contributed by atoms with Crippen LogP contribution in [0.25, 0.3) is 23.0 Å². The number of anilines is 1. The van der Waals surface area contributed by atoms with Crippen LogP contribution >= 0.6 is 23.2 Å². The van der Waals surface area contributed by atoms with Gasteiger partial charge in [-0.2, -0.15) is 4.68 Å². The van der Waals surface area contributed by atoms with Crippen LogP contribution in [0.1, 0.15) is 29.4 Å². The number of carbonyl (C=O) groups excluding carboxylic acids is 3. The van der Waals surface area contributed by atoms with Gasteiger partial charge < -0.3 is 19.9 Å². The molecule has 0 unspecified atom stereocenters. The molecule has 240 valence electrons. The van der Waals surface area contributed by atoms with Crippen molar-refractivity contribution in [2.75, 3.05) is 19.5 Å². The number of aromatic amines is 1. The molecule has 1 atom stereocenters. The van der Waals surface area contributed by atoms with E-state index >= 15 is 0 Å². The molecule has 0 bridgehead atoms. The van der Waals surface area contributed by atoms with Crippen LogP contribution in [0.4, 0.5) is 10.5 Å². The predicted octanol–water partition coefficient (Wildman–Crippen LogP) is 5.46. The summed E-state index contributed by atoms with van der Waals surface area (Å²) in [5, 5.41) is 17.4. The van der Waals surface area contributed by atoms with E-state index in [9.17, 15) is 14.4 Å². The highest BCUT2D eigenvalue weighted by molar-refractivity contribution is 6.32. The van der Waals surface area contributed by atoms with Crippen LogP contribution in [-0.2, 0) is 20.9 Å². The number of ether oxygens (including phenoxy) is 1. The van der Waals surface area contributed by atoms with E-state index in [-0.39, 0.29) is 23.3 Å². The van der Waals surface area contributed by atoms with Crippen molar-refractivity contribution in [1.29, 1.82) is 0 Å². The van der Waals surface area contributed by atoms with Gasteiger partial charge in [-0.15, -0.1) is 5.10 Å². The maximum Gasteiger partial charge on any atom is 0.411 e. The molecule has 0 aliphatic rings. The number of amides is 3. The van der Waals surface area contributed by atoms with Crippen molar-refractivity contribution in [2.24, 2.45) is 0 Å². The lowest BCUT2D eigenvalue weighted by atomic mass is 10.1. The van der Waals surface area contributed by atoms with Crippen LogP contribution in [-0.4, -0.2) is 67.1 Å². The number of hydrogen-bond donors (Lipinski definition) is 3. The van der Waals surface area contributed by atoms with Gasteiger partial charge in [0, 0.05) is 41.5 Å². The molecule has 2 heterocycles. The standard InChI is InChI=1S/C32H29Cl2N9O4/c1-42(18-20-6-4-3-5-7-20)28(45)17-25(31-38-29(30(34)39-31)21-8-12-24(13-9-21)36-32(46)47-2)37-27(44)15-10-22-16-23(33)11-14-26(22)43-19-35-40-41-43/h3-16,19,25H,17-18H2,1-2H3,(H,36,46)(H,37,44)(H,38,39)/t25-/m0/s1. The Morgan fingerprint density at radius 1 is 1.06 bits per heavy atom. The van der Waals surface area contributed by atoms with Gasteiger partial charge in [0.05, 0.1) is 25.3 Å². The van der Waals surface area contributed by atoms with Crippen molar-refractivity contribution in [2.45, 2.75) is 19.0 Å². The maximum absolute atomic E-state index is 13.4. The fourth-order valence-corrected chi connectivity index (χ4v) is 5.05. The third-order valence-electron chi connectivity index (χ3n) is 6.98. The number of nitrogens with one attached hydrogen (secondary N) is 3. The molecular formula is C32H29Cl2N9O4. The first-order valence-corrected chi connectivity index (χ1v) is 15.0. The second-order valence-electron chi connectivity index (χ2n) is 10.3. The number of hydrogen-bond acceptors (Lipinski definition) is 8. The number of benzene rings is 3. The summed E-state index contributed by atoms with van der Waals surface area (Å²) in [6, 6.07) is 20.6. The first-order valence-electron chi connectivity index (χ1n) is 14.2. The Balaban J connectivity index is 1.39. The fourth-order valence-electron chi connectivity index (χ4n) is 4.62. The van der Waals surface area contributed by atoms with E-state index in [1.54, 1.807) is 60.5 Å². The van der Waals surface area contributed by atoms with Crippen molar-refractivity contribution < 1.29 is 19.1 Å². The second-order valence-corrected chi connectivity index (χ2v) is 11.1. The first-order chi connectivity index (χ1) is 22.7. The van der Waals surface area contributed by atoms with Gasteiger partial charge in [0.1, 0.15) is 23.0 Å². The lowest BCUT2D eigenvalue weighted by Crippen LogP contribution is -2.34. The van der Waals surface area contributed by atoms with Crippen LogP contribution in [0, 0.1) is 0 Å². The van der Waals surface area contributed by atoms with Crippen LogP contribution in [0.3, 0.4) is 0 Å². The van der Waals surface area contributed by atoms with Crippen LogP contribution < -0.4 is 10.6 Å². The molecule has 13 nitrogen and oxygen atoms in total. The topological polar surface area (TPSA) is 160 Å². The van der Waals surface area contributed by atoms with Crippen LogP contribution in [0.15, 0.2) is 85.2 Å². The lowest BCUT2D eigenvalue weighted by Gasteiger charge is -2.21. The van der Waals surface area contributed by atoms with Crippen molar-refractivity contribution in [3.05, 3.63) is 112 Å². The molecular weight excluding hydrogens is 645 g/mol. The Bertz CT molecular complexity index is 1880. The number of carbonyl (C=O) groups is 3. The minimum absolute atomic E-state index is 0.110. The highest BCUT2D eigenvalue weighted by Gasteiger charge is 2.25. The zero-order chi connectivity index (χ0) is 33.3. The maximum atomic E-state index is 13.4. The molecule has 0 fully saturated rings. The molecule has 2 aromatic heterocycles. The summed E-state index contributed by atoms with van der Waals surface area (Å²) < 4.78 is 6.07. The van der Waals surface area contributed by atoms with Crippen LogP contribution in [0.5, 0.6) is 0 Å². The zero-order valence-electron chi connectivity index (χ0n) is 25.2. The average molecular weight is 675 g/mol. The summed E-state index contributed by atoms with van der Waals surface area (Å²) in [6.45, 7) is 0.380. The van der Waals surface area contributed by atoms with Gasteiger partial charge >= 0.3 is 6.09 Å². The molecule has 0 saturated heterocycles. The summed E-state index contributed by atoms with van der Waals surface area (Å²) in [5.41, 5.74) is 3.70. The minimum atomic E-state index is -0.872. The van der Waals surface area contributed by atoms with E-state index in [1.807, 2.05) is 30.3 Å². The molecule has 3 aromatic carbocycles. The number of rotatable bonds is 11. The van der Waals surface area contributed by atoms with E-state index < -0.39 is 18.0 Å². The number of methoxy groups -OCH3 is 1. The van der Waals surface area contributed by atoms with Gasteiger partial charge in [0.15, 0.2) is 0 Å². The Labute approximate surface area is 279 Å². The number of halogens is 2. The SMILES string of the molecule is COC(=O)Nc1ccc(-c2nc([C@H](CC(=O)N(C)Cc3ccccc3)NC(=O)C=Cc3cc(Cl)ccc3-n3cnnn3)[nH]c2Cl)cc1. The molecule has 0 aliphatic carbocycles. The van der Waals surface area contributed by atoms with Gasteiger partial charge in [-0.25, -0.2) is 9.78 Å². The molecule has 15 heteroatoms. The highest BCUT2D eigenvalue weighted by Crippen LogP contribution is 2.30. The number of H-pyrrole nitrogens is 1. The van der Waals surface area contributed by atoms with Gasteiger partial charge in [-0.05, 0) is 52.4 Å². The first kappa shape index (κ1) is 32.9. The molecule has 0 saturated carbocycles. The van der Waals surface area contributed by atoms with E-state index in [0.29, 0.717) is 39.8 Å². The summed E-state index contributed by atoms with van der Waals surface area (Å²) in [6.07, 6.45) is 3.61. The zero-order valence-corrected chi connectivity index (χ0v) is 26.7. The van der Waals surface area contributed by atoms with E-state index in [1.165, 1.54) is 24.2 Å². The fraction of sp³-hybridized carbons (Fsp3) is 0.156. The molecule has 0 spiro atoms. The van der Waals surface area contributed by atoms with Crippen molar-refractivity contribution in [3.8, 4) is 16.9 Å². The van der Waals surface area contributed by atoms with Crippen molar-refractivity contribution in [1.82, 2.24) is 40.4 Å². The van der Waals surface area contributed by atoms with Gasteiger partial charge in [-0.1, -0.05) is 65.7 Å². The monoisotopic (exact) mass is 673 g/mol. The third kappa shape index (κ3) is 8.60. The number of imidazole rings is 1. The number of nitrogens with zero attached hydrogens (tertiary/aromatic N) is 6. The summed E-state index contributed by atoms with van der Waals surface area (Å²) in [5.74, 6) is -0.447. The summed E-state index contributed by atoms with van der Waals surface area (Å²) in [7, 11) is 2.97. The molecule has 47 heavy (non-hydrogen) atoms. The average Bonchev–Trinajstić information content (AvgIpc) is 3.74. The third-order valence-corrected chi connectivity index (χ3v) is 7.49. The number of tetrazole rings is 1. The Morgan fingerprint density at radius 2 is 1.83 bits per heavy atom. The summed E-state index contributed by atoms with van der Waals surface area (Å²) in [4.78, 5) is 47.5. The molecule has 3 amide bonds. The largest absolute Gasteiger partial charge is 0.453 e.